The molecule has 0 aromatic heterocycles. The van der Waals surface area contributed by atoms with Crippen molar-refractivity contribution in [3.05, 3.63) is 63.5 Å². The van der Waals surface area contributed by atoms with Crippen molar-refractivity contribution in [2.45, 2.75) is 19.1 Å². The average molecular weight is 371 g/mol. The standard InChI is InChI=1S/C15H15FINO/c1-10(18)15(11-3-2-4-12(16)9-11)19-14-7-5-13(17)6-8-14/h2-10,15H,18H2,1H3. The number of ether oxygens (including phenoxy) is 1. The Morgan fingerprint density at radius 2 is 1.84 bits per heavy atom. The number of halogens is 2. The highest BCUT2D eigenvalue weighted by Gasteiger charge is 2.18. The molecule has 0 fully saturated rings. The van der Waals surface area contributed by atoms with Gasteiger partial charge < -0.3 is 10.5 Å². The molecule has 0 spiro atoms. The minimum Gasteiger partial charge on any atom is -0.484 e. The third-order valence-corrected chi connectivity index (χ3v) is 3.45. The Morgan fingerprint density at radius 3 is 2.42 bits per heavy atom. The van der Waals surface area contributed by atoms with Gasteiger partial charge in [0, 0.05) is 9.61 Å². The molecule has 100 valence electrons. The van der Waals surface area contributed by atoms with Crippen LogP contribution < -0.4 is 10.5 Å². The lowest BCUT2D eigenvalue weighted by atomic mass is 10.0. The van der Waals surface area contributed by atoms with Gasteiger partial charge in [-0.15, -0.1) is 0 Å². The zero-order chi connectivity index (χ0) is 13.8. The van der Waals surface area contributed by atoms with Gasteiger partial charge in [0.2, 0.25) is 0 Å². The first-order valence-electron chi connectivity index (χ1n) is 5.99. The smallest absolute Gasteiger partial charge is 0.139 e. The molecule has 0 aliphatic heterocycles. The first kappa shape index (κ1) is 14.3. The van der Waals surface area contributed by atoms with Crippen LogP contribution in [0.2, 0.25) is 0 Å². The number of rotatable bonds is 4. The molecule has 2 N–H and O–H groups in total. The maximum atomic E-state index is 13.3. The van der Waals surface area contributed by atoms with Gasteiger partial charge in [-0.25, -0.2) is 4.39 Å². The van der Waals surface area contributed by atoms with Crippen LogP contribution in [0.5, 0.6) is 5.75 Å². The highest BCUT2D eigenvalue weighted by molar-refractivity contribution is 14.1. The van der Waals surface area contributed by atoms with Crippen LogP contribution in [-0.4, -0.2) is 6.04 Å². The van der Waals surface area contributed by atoms with Crippen LogP contribution in [0.25, 0.3) is 0 Å². The van der Waals surface area contributed by atoms with Crippen LogP contribution in [0.15, 0.2) is 48.5 Å². The Bertz CT molecular complexity index is 542. The largest absolute Gasteiger partial charge is 0.484 e. The van der Waals surface area contributed by atoms with Crippen LogP contribution in [-0.2, 0) is 0 Å². The van der Waals surface area contributed by atoms with Crippen LogP contribution in [0.3, 0.4) is 0 Å². The summed E-state index contributed by atoms with van der Waals surface area (Å²) in [5, 5.41) is 0. The van der Waals surface area contributed by atoms with Gasteiger partial charge in [0.15, 0.2) is 0 Å². The van der Waals surface area contributed by atoms with Gasteiger partial charge in [-0.2, -0.15) is 0 Å². The molecular weight excluding hydrogens is 356 g/mol. The van der Waals surface area contributed by atoms with Gasteiger partial charge in [0.05, 0.1) is 0 Å². The maximum absolute atomic E-state index is 13.3. The summed E-state index contributed by atoms with van der Waals surface area (Å²) in [6, 6.07) is 13.8. The van der Waals surface area contributed by atoms with Gasteiger partial charge in [-0.3, -0.25) is 0 Å². The lowest BCUT2D eigenvalue weighted by molar-refractivity contribution is 0.180. The number of hydrogen-bond acceptors (Lipinski definition) is 2. The molecule has 0 amide bonds. The van der Waals surface area contributed by atoms with Crippen molar-refractivity contribution in [1.82, 2.24) is 0 Å². The van der Waals surface area contributed by atoms with Gasteiger partial charge in [-0.05, 0) is 71.5 Å². The second-order valence-corrected chi connectivity index (χ2v) is 5.65. The zero-order valence-corrected chi connectivity index (χ0v) is 12.7. The molecule has 0 aliphatic carbocycles. The lowest BCUT2D eigenvalue weighted by Crippen LogP contribution is -2.29. The predicted molar refractivity (Wildman–Crippen MR) is 82.6 cm³/mol. The number of nitrogens with two attached hydrogens (primary N) is 1. The van der Waals surface area contributed by atoms with E-state index in [1.54, 1.807) is 6.07 Å². The number of hydrogen-bond donors (Lipinski definition) is 1. The molecule has 0 heterocycles. The molecular formula is C15H15FINO. The molecule has 2 aromatic carbocycles. The summed E-state index contributed by atoms with van der Waals surface area (Å²) in [6.45, 7) is 1.85. The molecule has 4 heteroatoms. The second-order valence-electron chi connectivity index (χ2n) is 4.41. The highest BCUT2D eigenvalue weighted by Crippen LogP contribution is 2.25. The molecule has 19 heavy (non-hydrogen) atoms. The number of benzene rings is 2. The van der Waals surface area contributed by atoms with Gasteiger partial charge in [0.25, 0.3) is 0 Å². The van der Waals surface area contributed by atoms with E-state index in [9.17, 15) is 4.39 Å². The van der Waals surface area contributed by atoms with E-state index in [2.05, 4.69) is 22.6 Å². The molecule has 2 rings (SSSR count). The fourth-order valence-corrected chi connectivity index (χ4v) is 2.18. The Hall–Kier alpha value is -1.14. The zero-order valence-electron chi connectivity index (χ0n) is 10.5. The van der Waals surface area contributed by atoms with Crippen LogP contribution >= 0.6 is 22.6 Å². The summed E-state index contributed by atoms with van der Waals surface area (Å²) in [6.07, 6.45) is -0.365. The van der Waals surface area contributed by atoms with E-state index in [1.807, 2.05) is 37.3 Å². The third-order valence-electron chi connectivity index (χ3n) is 2.73. The molecule has 0 saturated carbocycles. The molecule has 0 radical (unpaired) electrons. The van der Waals surface area contributed by atoms with Gasteiger partial charge >= 0.3 is 0 Å². The average Bonchev–Trinajstić information content (AvgIpc) is 2.37. The van der Waals surface area contributed by atoms with Crippen LogP contribution in [0, 0.1) is 9.39 Å². The fourth-order valence-electron chi connectivity index (χ4n) is 1.82. The summed E-state index contributed by atoms with van der Waals surface area (Å²) in [5.74, 6) is 0.446. The summed E-state index contributed by atoms with van der Waals surface area (Å²) in [7, 11) is 0. The maximum Gasteiger partial charge on any atom is 0.139 e. The van der Waals surface area contributed by atoms with E-state index < -0.39 is 0 Å². The van der Waals surface area contributed by atoms with Crippen molar-refractivity contribution >= 4 is 22.6 Å². The Morgan fingerprint density at radius 1 is 1.16 bits per heavy atom. The van der Waals surface area contributed by atoms with Crippen molar-refractivity contribution in [1.29, 1.82) is 0 Å². The van der Waals surface area contributed by atoms with E-state index in [0.29, 0.717) is 0 Å². The molecule has 0 bridgehead atoms. The van der Waals surface area contributed by atoms with Crippen molar-refractivity contribution in [3.63, 3.8) is 0 Å². The van der Waals surface area contributed by atoms with Crippen LogP contribution in [0.4, 0.5) is 4.39 Å². The Balaban J connectivity index is 2.23. The summed E-state index contributed by atoms with van der Waals surface area (Å²) in [5.41, 5.74) is 6.69. The van der Waals surface area contributed by atoms with Crippen molar-refractivity contribution in [2.24, 2.45) is 5.73 Å². The minimum absolute atomic E-state index is 0.235. The van der Waals surface area contributed by atoms with E-state index in [1.165, 1.54) is 12.1 Å². The van der Waals surface area contributed by atoms with E-state index >= 15 is 0 Å². The topological polar surface area (TPSA) is 35.2 Å². The second kappa shape index (κ2) is 6.34. The van der Waals surface area contributed by atoms with E-state index in [-0.39, 0.29) is 18.0 Å². The van der Waals surface area contributed by atoms with Gasteiger partial charge in [0.1, 0.15) is 17.7 Å². The molecule has 0 aliphatic rings. The van der Waals surface area contributed by atoms with Crippen molar-refractivity contribution in [2.75, 3.05) is 0 Å². The lowest BCUT2D eigenvalue weighted by Gasteiger charge is -2.23. The molecule has 2 atom stereocenters. The molecule has 2 nitrogen and oxygen atoms in total. The Labute approximate surface area is 125 Å². The molecule has 2 aromatic rings. The predicted octanol–water partition coefficient (Wildman–Crippen LogP) is 3.90. The minimum atomic E-state index is -0.365. The summed E-state index contributed by atoms with van der Waals surface area (Å²) >= 11 is 2.23. The normalized spacial score (nSPS) is 13.9. The first-order valence-corrected chi connectivity index (χ1v) is 7.07. The van der Waals surface area contributed by atoms with Gasteiger partial charge in [-0.1, -0.05) is 12.1 Å². The highest BCUT2D eigenvalue weighted by atomic mass is 127. The monoisotopic (exact) mass is 371 g/mol. The van der Waals surface area contributed by atoms with Crippen LogP contribution in [0.1, 0.15) is 18.6 Å². The molecule has 2 unspecified atom stereocenters. The van der Waals surface area contributed by atoms with E-state index in [0.717, 1.165) is 14.9 Å². The SMILES string of the molecule is CC(N)C(Oc1ccc(I)cc1)c1cccc(F)c1. The Kier molecular flexibility index (Phi) is 4.76. The van der Waals surface area contributed by atoms with Crippen molar-refractivity contribution < 1.29 is 9.13 Å². The third kappa shape index (κ3) is 3.91. The fraction of sp³-hybridized carbons (Fsp3) is 0.200. The first-order chi connectivity index (χ1) is 9.06. The van der Waals surface area contributed by atoms with Crippen molar-refractivity contribution in [3.8, 4) is 5.75 Å². The quantitative estimate of drug-likeness (QED) is 0.828. The summed E-state index contributed by atoms with van der Waals surface area (Å²) < 4.78 is 20.3. The molecule has 0 saturated heterocycles. The van der Waals surface area contributed by atoms with E-state index in [4.69, 9.17) is 10.5 Å². The summed E-state index contributed by atoms with van der Waals surface area (Å²) in [4.78, 5) is 0.